The van der Waals surface area contributed by atoms with Crippen molar-refractivity contribution in [2.45, 2.75) is 4.90 Å². The Morgan fingerprint density at radius 3 is 2.29 bits per heavy atom. The Morgan fingerprint density at radius 1 is 1.05 bits per heavy atom. The highest BCUT2D eigenvalue weighted by atomic mass is 32.1. The molecule has 2 aromatic rings. The lowest BCUT2D eigenvalue weighted by Gasteiger charge is -1.96. The minimum absolute atomic E-state index is 0.0893. The molecule has 104 valence electrons. The van der Waals surface area contributed by atoms with Gasteiger partial charge in [-0.25, -0.2) is 9.97 Å². The predicted molar refractivity (Wildman–Crippen MR) is 75.0 cm³/mol. The van der Waals surface area contributed by atoms with Gasteiger partial charge in [0.05, 0.1) is 9.85 Å². The summed E-state index contributed by atoms with van der Waals surface area (Å²) in [5, 5.41) is 21.7. The van der Waals surface area contributed by atoms with E-state index in [2.05, 4.69) is 34.4 Å². The van der Waals surface area contributed by atoms with Crippen LogP contribution in [0.4, 0.5) is 11.4 Å². The van der Waals surface area contributed by atoms with Crippen molar-refractivity contribution in [2.75, 3.05) is 0 Å². The van der Waals surface area contributed by atoms with E-state index in [-0.39, 0.29) is 22.8 Å². The second-order valence-corrected chi connectivity index (χ2v) is 4.21. The van der Waals surface area contributed by atoms with Gasteiger partial charge in [-0.05, 0) is 17.9 Å². The van der Waals surface area contributed by atoms with Gasteiger partial charge >= 0.3 is 11.4 Å². The highest BCUT2D eigenvalue weighted by molar-refractivity contribution is 7.80. The first kappa shape index (κ1) is 14.4. The van der Waals surface area contributed by atoms with Crippen LogP contribution < -0.4 is 0 Å². The lowest BCUT2D eigenvalue weighted by atomic mass is 10.2. The molecule has 0 bridgehead atoms. The second-order valence-electron chi connectivity index (χ2n) is 3.70. The summed E-state index contributed by atoms with van der Waals surface area (Å²) in [4.78, 5) is 28.3. The predicted octanol–water partition coefficient (Wildman–Crippen LogP) is 1.98. The van der Waals surface area contributed by atoms with Gasteiger partial charge in [-0.1, -0.05) is 0 Å². The molecule has 0 aromatic carbocycles. The van der Waals surface area contributed by atoms with Gasteiger partial charge in [0.1, 0.15) is 0 Å². The molecule has 8 nitrogen and oxygen atoms in total. The topological polar surface area (TPSA) is 112 Å². The molecule has 0 fully saturated rings. The third kappa shape index (κ3) is 3.31. The smallest absolute Gasteiger partial charge is 0.258 e. The zero-order valence-electron chi connectivity index (χ0n) is 10.3. The van der Waals surface area contributed by atoms with E-state index in [4.69, 9.17) is 0 Å². The molecule has 0 saturated carbocycles. The number of nitrogens with zero attached hydrogens (tertiary/aromatic N) is 4. The van der Waals surface area contributed by atoms with E-state index in [1.807, 2.05) is 0 Å². The van der Waals surface area contributed by atoms with Crippen molar-refractivity contribution in [3.8, 4) is 11.8 Å². The van der Waals surface area contributed by atoms with E-state index in [0.717, 1.165) is 0 Å². The summed E-state index contributed by atoms with van der Waals surface area (Å²) in [5.41, 5.74) is -0.807. The van der Waals surface area contributed by atoms with E-state index >= 15 is 0 Å². The quantitative estimate of drug-likeness (QED) is 0.393. The fraction of sp³-hybridized carbons (Fsp3) is 0. The Hall–Kier alpha value is -2.99. The number of hydrogen-bond donors (Lipinski definition) is 1. The SMILES string of the molecule is O=[N+]([O-])c1cccnc1C#Cc1ncc(S)cc1[N+](=O)[O-]. The Kier molecular flexibility index (Phi) is 4.10. The van der Waals surface area contributed by atoms with Gasteiger partial charge in [0.25, 0.3) is 0 Å². The fourth-order valence-corrected chi connectivity index (χ4v) is 1.62. The van der Waals surface area contributed by atoms with Gasteiger partial charge in [0.2, 0.25) is 0 Å². The van der Waals surface area contributed by atoms with Crippen LogP contribution in [0.25, 0.3) is 0 Å². The summed E-state index contributed by atoms with van der Waals surface area (Å²) >= 11 is 3.96. The first-order valence-corrected chi connectivity index (χ1v) is 5.88. The van der Waals surface area contributed by atoms with Crippen LogP contribution in [0.3, 0.4) is 0 Å². The zero-order chi connectivity index (χ0) is 15.4. The summed E-state index contributed by atoms with van der Waals surface area (Å²) in [6, 6.07) is 3.85. The minimum atomic E-state index is -0.649. The van der Waals surface area contributed by atoms with Crippen LogP contribution in [0, 0.1) is 32.1 Å². The third-order valence-electron chi connectivity index (χ3n) is 2.33. The van der Waals surface area contributed by atoms with Crippen molar-refractivity contribution < 1.29 is 9.85 Å². The molecular weight excluding hydrogens is 296 g/mol. The van der Waals surface area contributed by atoms with Gasteiger partial charge in [-0.2, -0.15) is 0 Å². The molecule has 0 aliphatic rings. The zero-order valence-corrected chi connectivity index (χ0v) is 11.2. The number of pyridine rings is 2. The average molecular weight is 302 g/mol. The summed E-state index contributed by atoms with van der Waals surface area (Å²) < 4.78 is 0. The molecule has 9 heteroatoms. The molecule has 0 radical (unpaired) electrons. The van der Waals surface area contributed by atoms with Crippen molar-refractivity contribution in [2.24, 2.45) is 0 Å². The second kappa shape index (κ2) is 5.98. The first-order valence-electron chi connectivity index (χ1n) is 5.44. The van der Waals surface area contributed by atoms with Gasteiger partial charge in [0.15, 0.2) is 11.4 Å². The van der Waals surface area contributed by atoms with E-state index in [1.165, 1.54) is 30.6 Å². The molecule has 0 spiro atoms. The van der Waals surface area contributed by atoms with Crippen LogP contribution in [0.2, 0.25) is 0 Å². The molecule has 0 N–H and O–H groups in total. The average Bonchev–Trinajstić information content (AvgIpc) is 2.46. The van der Waals surface area contributed by atoms with Crippen molar-refractivity contribution >= 4 is 24.0 Å². The Morgan fingerprint density at radius 2 is 1.67 bits per heavy atom. The number of thiol groups is 1. The minimum Gasteiger partial charge on any atom is -0.258 e. The fourth-order valence-electron chi connectivity index (χ4n) is 1.44. The Bertz CT molecular complexity index is 797. The van der Waals surface area contributed by atoms with Gasteiger partial charge in [-0.3, -0.25) is 20.2 Å². The summed E-state index contributed by atoms with van der Waals surface area (Å²) in [7, 11) is 0. The molecule has 2 aromatic heterocycles. The maximum absolute atomic E-state index is 10.9. The normalized spacial score (nSPS) is 9.57. The molecule has 2 rings (SSSR count). The third-order valence-corrected chi connectivity index (χ3v) is 2.58. The van der Waals surface area contributed by atoms with Crippen LogP contribution >= 0.6 is 12.6 Å². The van der Waals surface area contributed by atoms with Crippen molar-refractivity contribution in [3.05, 3.63) is 62.2 Å². The molecule has 0 unspecified atom stereocenters. The maximum atomic E-state index is 10.9. The lowest BCUT2D eigenvalue weighted by molar-refractivity contribution is -0.385. The summed E-state index contributed by atoms with van der Waals surface area (Å²) in [6.45, 7) is 0. The number of nitro groups is 2. The van der Waals surface area contributed by atoms with Crippen molar-refractivity contribution in [3.63, 3.8) is 0 Å². The monoisotopic (exact) mass is 302 g/mol. The number of hydrogen-bond acceptors (Lipinski definition) is 7. The number of rotatable bonds is 2. The van der Waals surface area contributed by atoms with Crippen molar-refractivity contribution in [1.82, 2.24) is 9.97 Å². The molecule has 0 atom stereocenters. The summed E-state index contributed by atoms with van der Waals surface area (Å²) in [5.74, 6) is 4.86. The van der Waals surface area contributed by atoms with E-state index < -0.39 is 9.85 Å². The van der Waals surface area contributed by atoms with Crippen LogP contribution in [-0.4, -0.2) is 19.8 Å². The Labute approximate surface area is 123 Å². The largest absolute Gasteiger partial charge is 0.304 e. The van der Waals surface area contributed by atoms with Crippen LogP contribution in [0.15, 0.2) is 35.5 Å². The van der Waals surface area contributed by atoms with Crippen molar-refractivity contribution in [1.29, 1.82) is 0 Å². The summed E-state index contributed by atoms with van der Waals surface area (Å²) in [6.07, 6.45) is 2.64. The first-order chi connectivity index (χ1) is 9.99. The maximum Gasteiger partial charge on any atom is 0.304 e. The van der Waals surface area contributed by atoms with Gasteiger partial charge < -0.3 is 0 Å². The highest BCUT2D eigenvalue weighted by Gasteiger charge is 2.15. The molecule has 0 aliphatic heterocycles. The standard InChI is InChI=1S/C12H6N4O4S/c17-15(18)11-2-1-5-13-9(11)3-4-10-12(16(19)20)6-8(21)7-14-10/h1-2,5-7,21H. The van der Waals surface area contributed by atoms with E-state index in [9.17, 15) is 20.2 Å². The van der Waals surface area contributed by atoms with E-state index in [0.29, 0.717) is 4.90 Å². The molecule has 21 heavy (non-hydrogen) atoms. The molecule has 2 heterocycles. The Balaban J connectivity index is 2.50. The molecule has 0 aliphatic carbocycles. The molecular formula is C12H6N4O4S. The van der Waals surface area contributed by atoms with Crippen LogP contribution in [-0.2, 0) is 0 Å². The highest BCUT2D eigenvalue weighted by Crippen LogP contribution is 2.19. The molecule has 0 saturated heterocycles. The van der Waals surface area contributed by atoms with Gasteiger partial charge in [0, 0.05) is 29.4 Å². The molecule has 0 amide bonds. The van der Waals surface area contributed by atoms with Crippen LogP contribution in [0.5, 0.6) is 0 Å². The lowest BCUT2D eigenvalue weighted by Crippen LogP contribution is -1.96. The van der Waals surface area contributed by atoms with Gasteiger partial charge in [-0.15, -0.1) is 12.6 Å². The van der Waals surface area contributed by atoms with Crippen LogP contribution in [0.1, 0.15) is 11.4 Å². The number of aromatic nitrogens is 2. The van der Waals surface area contributed by atoms with E-state index in [1.54, 1.807) is 0 Å².